The van der Waals surface area contributed by atoms with E-state index in [1.165, 1.54) is 35.6 Å². The zero-order chi connectivity index (χ0) is 16.2. The molecule has 3 rings (SSSR count). The number of ether oxygens (including phenoxy) is 1. The van der Waals surface area contributed by atoms with Crippen molar-refractivity contribution in [1.82, 2.24) is 4.98 Å². The first-order chi connectivity index (χ1) is 11.1. The van der Waals surface area contributed by atoms with E-state index in [1.54, 1.807) is 11.3 Å². The summed E-state index contributed by atoms with van der Waals surface area (Å²) in [7, 11) is 0. The Labute approximate surface area is 139 Å². The molecule has 2 aromatic heterocycles. The van der Waals surface area contributed by atoms with Crippen LogP contribution in [0.25, 0.3) is 9.88 Å². The maximum atomic E-state index is 11.9. The van der Waals surface area contributed by atoms with Crippen LogP contribution in [0, 0.1) is 10.1 Å². The van der Waals surface area contributed by atoms with E-state index in [0.717, 1.165) is 9.88 Å². The molecule has 1 aromatic carbocycles. The Kier molecular flexibility index (Phi) is 4.45. The molecule has 2 heterocycles. The first-order valence-corrected chi connectivity index (χ1v) is 8.29. The van der Waals surface area contributed by atoms with Gasteiger partial charge < -0.3 is 4.74 Å². The van der Waals surface area contributed by atoms with Crippen molar-refractivity contribution in [3.05, 3.63) is 68.5 Å². The number of benzene rings is 1. The van der Waals surface area contributed by atoms with Gasteiger partial charge in [-0.1, -0.05) is 6.07 Å². The van der Waals surface area contributed by atoms with Gasteiger partial charge in [0.1, 0.15) is 11.6 Å². The van der Waals surface area contributed by atoms with Crippen molar-refractivity contribution in [3.63, 3.8) is 0 Å². The monoisotopic (exact) mass is 346 g/mol. The van der Waals surface area contributed by atoms with Gasteiger partial charge in [-0.15, -0.1) is 22.7 Å². The van der Waals surface area contributed by atoms with Gasteiger partial charge in [-0.25, -0.2) is 9.78 Å². The summed E-state index contributed by atoms with van der Waals surface area (Å²) in [4.78, 5) is 27.5. The maximum absolute atomic E-state index is 11.9. The minimum atomic E-state index is -0.537. The number of esters is 1. The molecule has 23 heavy (non-hydrogen) atoms. The highest BCUT2D eigenvalue weighted by Crippen LogP contribution is 2.28. The smallest absolute Gasteiger partial charge is 0.338 e. The minimum absolute atomic E-state index is 0.0672. The Morgan fingerprint density at radius 3 is 2.65 bits per heavy atom. The Balaban J connectivity index is 1.61. The Morgan fingerprint density at radius 2 is 2.00 bits per heavy atom. The summed E-state index contributed by atoms with van der Waals surface area (Å²) in [6, 6.07) is 9.23. The van der Waals surface area contributed by atoms with Crippen LogP contribution in [0.4, 0.5) is 5.69 Å². The fourth-order valence-corrected chi connectivity index (χ4v) is 3.45. The molecule has 0 N–H and O–H groups in total. The molecule has 0 spiro atoms. The zero-order valence-corrected chi connectivity index (χ0v) is 13.3. The van der Waals surface area contributed by atoms with Crippen molar-refractivity contribution in [2.45, 2.75) is 6.61 Å². The van der Waals surface area contributed by atoms with Crippen LogP contribution < -0.4 is 0 Å². The molecule has 8 heteroatoms. The molecule has 6 nitrogen and oxygen atoms in total. The van der Waals surface area contributed by atoms with Crippen molar-refractivity contribution >= 4 is 34.3 Å². The van der Waals surface area contributed by atoms with Gasteiger partial charge >= 0.3 is 5.97 Å². The standard InChI is InChI=1S/C15H10N2O4S2/c18-15(10-3-5-12(6-4-10)17(19)20)21-8-11-9-23-14(16-11)13-2-1-7-22-13/h1-7,9H,8H2. The number of thiophene rings is 1. The van der Waals surface area contributed by atoms with Crippen LogP contribution in [0.15, 0.2) is 47.2 Å². The van der Waals surface area contributed by atoms with Crippen molar-refractivity contribution in [2.75, 3.05) is 0 Å². The van der Waals surface area contributed by atoms with Crippen LogP contribution in [0.1, 0.15) is 16.1 Å². The van der Waals surface area contributed by atoms with Gasteiger partial charge in [0.05, 0.1) is 21.1 Å². The van der Waals surface area contributed by atoms with Gasteiger partial charge in [0.2, 0.25) is 0 Å². The molecule has 0 aliphatic carbocycles. The molecular weight excluding hydrogens is 336 g/mol. The van der Waals surface area contributed by atoms with E-state index in [-0.39, 0.29) is 17.9 Å². The molecule has 0 aliphatic rings. The second-order valence-corrected chi connectivity index (χ2v) is 6.31. The number of carbonyl (C=O) groups is 1. The van der Waals surface area contributed by atoms with Crippen molar-refractivity contribution < 1.29 is 14.5 Å². The molecule has 0 amide bonds. The molecule has 0 unspecified atom stereocenters. The highest BCUT2D eigenvalue weighted by atomic mass is 32.1. The van der Waals surface area contributed by atoms with Crippen molar-refractivity contribution in [3.8, 4) is 9.88 Å². The molecular formula is C15H10N2O4S2. The number of hydrogen-bond donors (Lipinski definition) is 0. The summed E-state index contributed by atoms with van der Waals surface area (Å²) in [6.45, 7) is 0.0672. The first kappa shape index (κ1) is 15.3. The van der Waals surface area contributed by atoms with Gasteiger partial charge in [0, 0.05) is 17.5 Å². The van der Waals surface area contributed by atoms with E-state index in [2.05, 4.69) is 4.98 Å². The van der Waals surface area contributed by atoms with Gasteiger partial charge in [0.25, 0.3) is 5.69 Å². The molecule has 0 fully saturated rings. The molecule has 116 valence electrons. The minimum Gasteiger partial charge on any atom is -0.456 e. The van der Waals surface area contributed by atoms with Crippen LogP contribution in [-0.4, -0.2) is 15.9 Å². The fraction of sp³-hybridized carbons (Fsp3) is 0.0667. The summed E-state index contributed by atoms with van der Waals surface area (Å²) < 4.78 is 5.18. The van der Waals surface area contributed by atoms with E-state index in [1.807, 2.05) is 22.9 Å². The summed E-state index contributed by atoms with van der Waals surface area (Å²) >= 11 is 3.09. The number of non-ortho nitro benzene ring substituents is 1. The summed E-state index contributed by atoms with van der Waals surface area (Å²) in [5.41, 5.74) is 0.875. The zero-order valence-electron chi connectivity index (χ0n) is 11.7. The molecule has 0 aliphatic heterocycles. The third-order valence-electron chi connectivity index (χ3n) is 2.95. The number of hydrogen-bond acceptors (Lipinski definition) is 7. The Hall–Kier alpha value is -2.58. The van der Waals surface area contributed by atoms with Crippen LogP contribution in [-0.2, 0) is 11.3 Å². The summed E-state index contributed by atoms with van der Waals surface area (Å²) in [6.07, 6.45) is 0. The third-order valence-corrected chi connectivity index (χ3v) is 4.88. The summed E-state index contributed by atoms with van der Waals surface area (Å²) in [5.74, 6) is -0.537. The van der Waals surface area contributed by atoms with E-state index in [0.29, 0.717) is 5.69 Å². The second kappa shape index (κ2) is 6.67. The van der Waals surface area contributed by atoms with Crippen LogP contribution in [0.2, 0.25) is 0 Å². The molecule has 0 radical (unpaired) electrons. The number of thiazole rings is 1. The lowest BCUT2D eigenvalue weighted by Crippen LogP contribution is -2.05. The number of nitrogens with zero attached hydrogens (tertiary/aromatic N) is 2. The van der Waals surface area contributed by atoms with Gasteiger partial charge in [0.15, 0.2) is 0 Å². The molecule has 0 saturated heterocycles. The largest absolute Gasteiger partial charge is 0.456 e. The lowest BCUT2D eigenvalue weighted by Gasteiger charge is -2.02. The Bertz CT molecular complexity index is 826. The molecule has 0 atom stereocenters. The van der Waals surface area contributed by atoms with Crippen LogP contribution >= 0.6 is 22.7 Å². The second-order valence-electron chi connectivity index (χ2n) is 4.50. The number of nitro benzene ring substituents is 1. The Morgan fingerprint density at radius 1 is 1.22 bits per heavy atom. The highest BCUT2D eigenvalue weighted by molar-refractivity contribution is 7.20. The van der Waals surface area contributed by atoms with Gasteiger partial charge in [-0.2, -0.15) is 0 Å². The number of nitro groups is 1. The van der Waals surface area contributed by atoms with Crippen LogP contribution in [0.3, 0.4) is 0 Å². The topological polar surface area (TPSA) is 82.3 Å². The number of aromatic nitrogens is 1. The predicted molar refractivity (Wildman–Crippen MR) is 87.6 cm³/mol. The molecule has 0 bridgehead atoms. The average molecular weight is 346 g/mol. The maximum Gasteiger partial charge on any atom is 0.338 e. The number of rotatable bonds is 5. The third kappa shape index (κ3) is 3.61. The number of carbonyl (C=O) groups excluding carboxylic acids is 1. The highest BCUT2D eigenvalue weighted by Gasteiger charge is 2.12. The SMILES string of the molecule is O=C(OCc1csc(-c2cccs2)n1)c1ccc([N+](=O)[O-])cc1. The normalized spacial score (nSPS) is 10.4. The lowest BCUT2D eigenvalue weighted by molar-refractivity contribution is -0.384. The van der Waals surface area contributed by atoms with Crippen LogP contribution in [0.5, 0.6) is 0 Å². The average Bonchev–Trinajstić information content (AvgIpc) is 3.23. The van der Waals surface area contributed by atoms with Crippen molar-refractivity contribution in [1.29, 1.82) is 0 Å². The van der Waals surface area contributed by atoms with Gasteiger partial charge in [-0.3, -0.25) is 10.1 Å². The van der Waals surface area contributed by atoms with E-state index < -0.39 is 10.9 Å². The van der Waals surface area contributed by atoms with Gasteiger partial charge in [-0.05, 0) is 23.6 Å². The van der Waals surface area contributed by atoms with Crippen molar-refractivity contribution in [2.24, 2.45) is 0 Å². The van der Waals surface area contributed by atoms with E-state index in [9.17, 15) is 14.9 Å². The van der Waals surface area contributed by atoms with E-state index >= 15 is 0 Å². The first-order valence-electron chi connectivity index (χ1n) is 6.53. The van der Waals surface area contributed by atoms with E-state index in [4.69, 9.17) is 4.74 Å². The molecule has 3 aromatic rings. The fourth-order valence-electron chi connectivity index (χ4n) is 1.83. The lowest BCUT2D eigenvalue weighted by atomic mass is 10.2. The summed E-state index contributed by atoms with van der Waals surface area (Å²) in [5, 5.41) is 15.3. The predicted octanol–water partition coefficient (Wildman–Crippen LogP) is 4.14. The quantitative estimate of drug-likeness (QED) is 0.394. The molecule has 0 saturated carbocycles.